The Morgan fingerprint density at radius 1 is 1.16 bits per heavy atom. The first-order valence-corrected chi connectivity index (χ1v) is 5.81. The Hall–Kier alpha value is -2.18. The van der Waals surface area contributed by atoms with Gasteiger partial charge in [-0.2, -0.15) is 0 Å². The van der Waals surface area contributed by atoms with Crippen molar-refractivity contribution in [2.24, 2.45) is 0 Å². The van der Waals surface area contributed by atoms with Gasteiger partial charge in [0.2, 0.25) is 0 Å². The van der Waals surface area contributed by atoms with Gasteiger partial charge in [-0.15, -0.1) is 0 Å². The molecule has 3 N–H and O–H groups in total. The van der Waals surface area contributed by atoms with Crippen molar-refractivity contribution in [3.8, 4) is 0 Å². The van der Waals surface area contributed by atoms with Gasteiger partial charge in [-0.05, 0) is 23.2 Å². The second kappa shape index (κ2) is 6.13. The van der Waals surface area contributed by atoms with Gasteiger partial charge < -0.3 is 15.4 Å². The SMILES string of the molecule is O=C(NCc1ccc(B(O)O)cc1)c1ccccn1. The van der Waals surface area contributed by atoms with E-state index in [4.69, 9.17) is 10.0 Å². The molecule has 0 atom stereocenters. The first-order chi connectivity index (χ1) is 9.16. The highest BCUT2D eigenvalue weighted by Crippen LogP contribution is 1.99. The third-order valence-corrected chi connectivity index (χ3v) is 2.63. The fourth-order valence-corrected chi connectivity index (χ4v) is 1.58. The van der Waals surface area contributed by atoms with E-state index < -0.39 is 7.12 Å². The second-order valence-corrected chi connectivity index (χ2v) is 4.01. The van der Waals surface area contributed by atoms with Crippen LogP contribution in [0, 0.1) is 0 Å². The molecule has 0 saturated carbocycles. The molecule has 1 aromatic carbocycles. The summed E-state index contributed by atoms with van der Waals surface area (Å²) in [6.07, 6.45) is 1.56. The number of carbonyl (C=O) groups excluding carboxylic acids is 1. The van der Waals surface area contributed by atoms with Crippen LogP contribution < -0.4 is 10.8 Å². The van der Waals surface area contributed by atoms with Crippen molar-refractivity contribution < 1.29 is 14.8 Å². The number of hydrogen-bond donors (Lipinski definition) is 3. The minimum atomic E-state index is -1.47. The third kappa shape index (κ3) is 3.64. The predicted molar refractivity (Wildman–Crippen MR) is 71.7 cm³/mol. The molecule has 0 unspecified atom stereocenters. The van der Waals surface area contributed by atoms with Crippen LogP contribution in [0.15, 0.2) is 48.7 Å². The molecule has 1 amide bonds. The number of pyridine rings is 1. The Balaban J connectivity index is 1.94. The summed E-state index contributed by atoms with van der Waals surface area (Å²) < 4.78 is 0. The summed E-state index contributed by atoms with van der Waals surface area (Å²) in [6, 6.07) is 11.8. The summed E-state index contributed by atoms with van der Waals surface area (Å²) in [5, 5.41) is 20.7. The van der Waals surface area contributed by atoms with Crippen LogP contribution in [0.4, 0.5) is 0 Å². The van der Waals surface area contributed by atoms with Gasteiger partial charge >= 0.3 is 7.12 Å². The zero-order valence-corrected chi connectivity index (χ0v) is 10.2. The van der Waals surface area contributed by atoms with Crippen molar-refractivity contribution in [2.75, 3.05) is 0 Å². The van der Waals surface area contributed by atoms with Gasteiger partial charge in [0.1, 0.15) is 5.69 Å². The van der Waals surface area contributed by atoms with Crippen LogP contribution in [0.3, 0.4) is 0 Å². The largest absolute Gasteiger partial charge is 0.488 e. The lowest BCUT2D eigenvalue weighted by Crippen LogP contribution is -2.30. The average Bonchev–Trinajstić information content (AvgIpc) is 2.46. The molecule has 1 aromatic heterocycles. The number of hydrogen-bond acceptors (Lipinski definition) is 4. The summed E-state index contributed by atoms with van der Waals surface area (Å²) in [5.41, 5.74) is 1.65. The fraction of sp³-hybridized carbons (Fsp3) is 0.0769. The van der Waals surface area contributed by atoms with Crippen molar-refractivity contribution in [2.45, 2.75) is 6.54 Å². The van der Waals surface area contributed by atoms with E-state index in [9.17, 15) is 4.79 Å². The number of nitrogens with zero attached hydrogens (tertiary/aromatic N) is 1. The molecule has 96 valence electrons. The molecular weight excluding hydrogens is 243 g/mol. The lowest BCUT2D eigenvalue weighted by molar-refractivity contribution is 0.0946. The molecule has 2 rings (SSSR count). The topological polar surface area (TPSA) is 82.5 Å². The maximum absolute atomic E-state index is 11.7. The van der Waals surface area contributed by atoms with E-state index in [0.29, 0.717) is 17.7 Å². The molecule has 2 aromatic rings. The molecule has 0 spiro atoms. The van der Waals surface area contributed by atoms with E-state index in [1.807, 2.05) is 0 Å². The summed E-state index contributed by atoms with van der Waals surface area (Å²) in [7, 11) is -1.47. The fourth-order valence-electron chi connectivity index (χ4n) is 1.58. The van der Waals surface area contributed by atoms with Crippen LogP contribution in [0.25, 0.3) is 0 Å². The van der Waals surface area contributed by atoms with Crippen LogP contribution in [-0.2, 0) is 6.54 Å². The van der Waals surface area contributed by atoms with Gasteiger partial charge in [-0.25, -0.2) is 0 Å². The Morgan fingerprint density at radius 2 is 1.89 bits per heavy atom. The zero-order valence-electron chi connectivity index (χ0n) is 10.2. The molecule has 0 fully saturated rings. The highest BCUT2D eigenvalue weighted by atomic mass is 16.4. The second-order valence-electron chi connectivity index (χ2n) is 4.01. The smallest absolute Gasteiger partial charge is 0.423 e. The van der Waals surface area contributed by atoms with Crippen molar-refractivity contribution in [1.82, 2.24) is 10.3 Å². The molecule has 0 radical (unpaired) electrons. The van der Waals surface area contributed by atoms with Gasteiger partial charge in [0.05, 0.1) is 0 Å². The maximum atomic E-state index is 11.7. The molecule has 19 heavy (non-hydrogen) atoms. The Kier molecular flexibility index (Phi) is 4.28. The molecule has 1 heterocycles. The minimum Gasteiger partial charge on any atom is -0.423 e. The van der Waals surface area contributed by atoms with E-state index >= 15 is 0 Å². The van der Waals surface area contributed by atoms with Crippen molar-refractivity contribution in [3.63, 3.8) is 0 Å². The Bertz CT molecular complexity index is 544. The van der Waals surface area contributed by atoms with Crippen molar-refractivity contribution in [3.05, 3.63) is 59.9 Å². The molecule has 6 heteroatoms. The lowest BCUT2D eigenvalue weighted by Gasteiger charge is -2.06. The monoisotopic (exact) mass is 256 g/mol. The number of nitrogens with one attached hydrogen (secondary N) is 1. The van der Waals surface area contributed by atoms with Crippen LogP contribution >= 0.6 is 0 Å². The van der Waals surface area contributed by atoms with E-state index in [2.05, 4.69) is 10.3 Å². The molecule has 0 aliphatic heterocycles. The van der Waals surface area contributed by atoms with Crippen LogP contribution in [0.1, 0.15) is 16.1 Å². The average molecular weight is 256 g/mol. The summed E-state index contributed by atoms with van der Waals surface area (Å²) in [5.74, 6) is -0.244. The lowest BCUT2D eigenvalue weighted by atomic mass is 9.80. The molecule has 0 aliphatic rings. The quantitative estimate of drug-likeness (QED) is 0.655. The molecule has 0 saturated heterocycles. The van der Waals surface area contributed by atoms with E-state index in [1.54, 1.807) is 48.7 Å². The Morgan fingerprint density at radius 3 is 2.47 bits per heavy atom. The summed E-state index contributed by atoms with van der Waals surface area (Å²) in [6.45, 7) is 0.358. The number of carbonyl (C=O) groups is 1. The minimum absolute atomic E-state index is 0.244. The highest BCUT2D eigenvalue weighted by molar-refractivity contribution is 6.58. The van der Waals surface area contributed by atoms with E-state index in [1.165, 1.54) is 0 Å². The standard InChI is InChI=1S/C13H13BN2O3/c17-13(12-3-1-2-8-15-12)16-9-10-4-6-11(7-5-10)14(18)19/h1-8,18-19H,9H2,(H,16,17). The van der Waals surface area contributed by atoms with Crippen molar-refractivity contribution >= 4 is 18.5 Å². The highest BCUT2D eigenvalue weighted by Gasteiger charge is 2.10. The molecule has 0 bridgehead atoms. The van der Waals surface area contributed by atoms with E-state index in [0.717, 1.165) is 5.56 Å². The Labute approximate surface area is 111 Å². The summed E-state index contributed by atoms with van der Waals surface area (Å²) in [4.78, 5) is 15.7. The molecule has 0 aliphatic carbocycles. The van der Waals surface area contributed by atoms with Crippen molar-refractivity contribution in [1.29, 1.82) is 0 Å². The number of aromatic nitrogens is 1. The first kappa shape index (κ1) is 13.3. The van der Waals surface area contributed by atoms with Crippen LogP contribution in [0.2, 0.25) is 0 Å². The first-order valence-electron chi connectivity index (χ1n) is 5.81. The number of benzene rings is 1. The molecule has 5 nitrogen and oxygen atoms in total. The normalized spacial score (nSPS) is 10.0. The summed E-state index contributed by atoms with van der Waals surface area (Å²) >= 11 is 0. The van der Waals surface area contributed by atoms with Crippen LogP contribution in [0.5, 0.6) is 0 Å². The van der Waals surface area contributed by atoms with Gasteiger partial charge in [0.15, 0.2) is 0 Å². The molecular formula is C13H13BN2O3. The van der Waals surface area contributed by atoms with Crippen LogP contribution in [-0.4, -0.2) is 28.1 Å². The van der Waals surface area contributed by atoms with E-state index in [-0.39, 0.29) is 5.91 Å². The maximum Gasteiger partial charge on any atom is 0.488 e. The predicted octanol–water partition coefficient (Wildman–Crippen LogP) is -0.309. The van der Waals surface area contributed by atoms with Gasteiger partial charge in [0.25, 0.3) is 5.91 Å². The zero-order chi connectivity index (χ0) is 13.7. The number of amides is 1. The third-order valence-electron chi connectivity index (χ3n) is 2.63. The van der Waals surface area contributed by atoms with Gasteiger partial charge in [-0.3, -0.25) is 9.78 Å². The van der Waals surface area contributed by atoms with Gasteiger partial charge in [0, 0.05) is 12.7 Å². The van der Waals surface area contributed by atoms with Gasteiger partial charge in [-0.1, -0.05) is 30.3 Å². The number of rotatable bonds is 4.